The van der Waals surface area contributed by atoms with Gasteiger partial charge in [0.2, 0.25) is 10.0 Å². The third-order valence-corrected chi connectivity index (χ3v) is 5.59. The Balaban J connectivity index is 3.30. The van der Waals surface area contributed by atoms with Crippen molar-refractivity contribution in [2.75, 3.05) is 12.8 Å². The van der Waals surface area contributed by atoms with Crippen molar-refractivity contribution < 1.29 is 8.42 Å². The molecule has 0 saturated carbocycles. The van der Waals surface area contributed by atoms with E-state index in [0.717, 1.165) is 0 Å². The third kappa shape index (κ3) is 2.37. The molecule has 0 aliphatic rings. The smallest absolute Gasteiger partial charge is 0.248 e. The molecule has 0 aromatic carbocycles. The largest absolute Gasteiger partial charge is 0.381 e. The molecule has 0 spiro atoms. The van der Waals surface area contributed by atoms with E-state index in [1.54, 1.807) is 21.0 Å². The Morgan fingerprint density at radius 2 is 1.83 bits per heavy atom. The van der Waals surface area contributed by atoms with Crippen molar-refractivity contribution in [3.05, 3.63) is 5.69 Å². The van der Waals surface area contributed by atoms with Crippen LogP contribution in [0.1, 0.15) is 26.5 Å². The lowest BCUT2D eigenvalue weighted by Crippen LogP contribution is -2.38. The Morgan fingerprint density at radius 3 is 2.17 bits per heavy atom. The van der Waals surface area contributed by atoms with Crippen LogP contribution in [-0.2, 0) is 17.1 Å². The highest BCUT2D eigenvalue weighted by Gasteiger charge is 2.32. The molecule has 0 aliphatic heterocycles. The highest BCUT2D eigenvalue weighted by Crippen LogP contribution is 2.26. The molecule has 7 heteroatoms. The van der Waals surface area contributed by atoms with Gasteiger partial charge in [-0.15, -0.1) is 0 Å². The van der Waals surface area contributed by atoms with Crippen LogP contribution >= 0.6 is 0 Å². The van der Waals surface area contributed by atoms with E-state index in [2.05, 4.69) is 5.10 Å². The Hall–Kier alpha value is -1.08. The number of aryl methyl sites for hydroxylation is 1. The van der Waals surface area contributed by atoms with Crippen molar-refractivity contribution >= 4 is 15.8 Å². The molecular formula is C11H22N4O2S. The minimum atomic E-state index is -3.60. The van der Waals surface area contributed by atoms with Gasteiger partial charge in [-0.25, -0.2) is 8.42 Å². The summed E-state index contributed by atoms with van der Waals surface area (Å²) in [6.45, 7) is 7.54. The quantitative estimate of drug-likeness (QED) is 0.887. The van der Waals surface area contributed by atoms with Crippen LogP contribution in [0.3, 0.4) is 0 Å². The van der Waals surface area contributed by atoms with E-state index >= 15 is 0 Å². The van der Waals surface area contributed by atoms with Crippen LogP contribution in [0.2, 0.25) is 0 Å². The predicted molar refractivity (Wildman–Crippen MR) is 71.6 cm³/mol. The van der Waals surface area contributed by atoms with Crippen LogP contribution in [-0.4, -0.2) is 35.6 Å². The Bertz CT molecular complexity index is 533. The van der Waals surface area contributed by atoms with Crippen molar-refractivity contribution in [3.63, 3.8) is 0 Å². The van der Waals surface area contributed by atoms with E-state index in [1.807, 2.05) is 20.8 Å². The van der Waals surface area contributed by atoms with Crippen LogP contribution in [0, 0.1) is 12.8 Å². The summed E-state index contributed by atoms with van der Waals surface area (Å²) in [5, 5.41) is 3.95. The standard InChI is InChI=1S/C11H22N4O2S/c1-7(2)8(3)15(6)18(16,17)10-9(4)14(5)13-11(10)12/h7-8H,1-6H3,(H2,12,13). The molecule has 0 radical (unpaired) electrons. The lowest BCUT2D eigenvalue weighted by atomic mass is 10.1. The second-order valence-electron chi connectivity index (χ2n) is 4.93. The summed E-state index contributed by atoms with van der Waals surface area (Å²) in [5.74, 6) is 0.279. The molecule has 1 atom stereocenters. The molecule has 104 valence electrons. The SMILES string of the molecule is Cc1c(S(=O)(=O)N(C)C(C)C(C)C)c(N)nn1C. The van der Waals surface area contributed by atoms with E-state index in [-0.39, 0.29) is 22.7 Å². The lowest BCUT2D eigenvalue weighted by molar-refractivity contribution is 0.315. The summed E-state index contributed by atoms with van der Waals surface area (Å²) in [7, 11) is -0.346. The van der Waals surface area contributed by atoms with Crippen molar-refractivity contribution in [3.8, 4) is 0 Å². The first-order chi connectivity index (χ1) is 8.10. The summed E-state index contributed by atoms with van der Waals surface area (Å²) in [4.78, 5) is 0.111. The van der Waals surface area contributed by atoms with Crippen molar-refractivity contribution in [1.29, 1.82) is 0 Å². The zero-order valence-corrected chi connectivity index (χ0v) is 12.6. The second-order valence-corrected chi connectivity index (χ2v) is 6.86. The summed E-state index contributed by atoms with van der Waals surface area (Å²) in [6.07, 6.45) is 0. The number of nitrogens with zero attached hydrogens (tertiary/aromatic N) is 3. The van der Waals surface area contributed by atoms with E-state index in [9.17, 15) is 8.42 Å². The highest BCUT2D eigenvalue weighted by molar-refractivity contribution is 7.89. The number of hydrogen-bond acceptors (Lipinski definition) is 4. The molecule has 0 aliphatic carbocycles. The van der Waals surface area contributed by atoms with Crippen LogP contribution in [0.5, 0.6) is 0 Å². The summed E-state index contributed by atoms with van der Waals surface area (Å²) >= 11 is 0. The average Bonchev–Trinajstić information content (AvgIpc) is 2.50. The molecule has 6 nitrogen and oxygen atoms in total. The molecular weight excluding hydrogens is 252 g/mol. The Morgan fingerprint density at radius 1 is 1.33 bits per heavy atom. The van der Waals surface area contributed by atoms with E-state index in [1.165, 1.54) is 8.99 Å². The van der Waals surface area contributed by atoms with Crippen LogP contribution in [0.15, 0.2) is 4.90 Å². The maximum absolute atomic E-state index is 12.5. The van der Waals surface area contributed by atoms with Gasteiger partial charge in [0.1, 0.15) is 4.90 Å². The zero-order valence-electron chi connectivity index (χ0n) is 11.8. The second kappa shape index (κ2) is 4.89. The first-order valence-electron chi connectivity index (χ1n) is 5.87. The lowest BCUT2D eigenvalue weighted by Gasteiger charge is -2.27. The van der Waals surface area contributed by atoms with Crippen LogP contribution in [0.4, 0.5) is 5.82 Å². The first-order valence-corrected chi connectivity index (χ1v) is 7.31. The highest BCUT2D eigenvalue weighted by atomic mass is 32.2. The van der Waals surface area contributed by atoms with E-state index in [0.29, 0.717) is 5.69 Å². The molecule has 18 heavy (non-hydrogen) atoms. The monoisotopic (exact) mass is 274 g/mol. The molecule has 1 heterocycles. The van der Waals surface area contributed by atoms with Gasteiger partial charge in [-0.1, -0.05) is 13.8 Å². The van der Waals surface area contributed by atoms with Crippen LogP contribution < -0.4 is 5.73 Å². The first kappa shape index (κ1) is 15.0. The van der Waals surface area contributed by atoms with Gasteiger partial charge >= 0.3 is 0 Å². The van der Waals surface area contributed by atoms with E-state index < -0.39 is 10.0 Å². The fourth-order valence-electron chi connectivity index (χ4n) is 1.72. The number of hydrogen-bond donors (Lipinski definition) is 1. The van der Waals surface area contributed by atoms with E-state index in [4.69, 9.17) is 5.73 Å². The summed E-state index contributed by atoms with van der Waals surface area (Å²) in [6, 6.07) is -0.103. The fourth-order valence-corrected chi connectivity index (χ4v) is 3.50. The average molecular weight is 274 g/mol. The molecule has 0 amide bonds. The maximum Gasteiger partial charge on any atom is 0.248 e. The summed E-state index contributed by atoms with van der Waals surface area (Å²) < 4.78 is 27.9. The minimum Gasteiger partial charge on any atom is -0.381 e. The number of sulfonamides is 1. The van der Waals surface area contributed by atoms with Crippen molar-refractivity contribution in [2.45, 2.75) is 38.6 Å². The fraction of sp³-hybridized carbons (Fsp3) is 0.727. The number of nitrogen functional groups attached to an aromatic ring is 1. The summed E-state index contributed by atoms with van der Waals surface area (Å²) in [5.41, 5.74) is 6.26. The Kier molecular flexibility index (Phi) is 4.07. The van der Waals surface area contributed by atoms with Gasteiger partial charge in [0.05, 0.1) is 5.69 Å². The molecule has 0 saturated heterocycles. The van der Waals surface area contributed by atoms with Crippen molar-refractivity contribution in [1.82, 2.24) is 14.1 Å². The number of anilines is 1. The molecule has 1 unspecified atom stereocenters. The zero-order chi connectivity index (χ0) is 14.2. The maximum atomic E-state index is 12.5. The number of aromatic nitrogens is 2. The van der Waals surface area contributed by atoms with Gasteiger partial charge in [0.15, 0.2) is 5.82 Å². The normalized spacial score (nSPS) is 14.4. The van der Waals surface area contributed by atoms with Gasteiger partial charge in [0.25, 0.3) is 0 Å². The molecule has 1 aromatic heterocycles. The minimum absolute atomic E-state index is 0.0535. The topological polar surface area (TPSA) is 81.2 Å². The number of nitrogens with two attached hydrogens (primary N) is 1. The van der Waals surface area contributed by atoms with Crippen molar-refractivity contribution in [2.24, 2.45) is 13.0 Å². The number of rotatable bonds is 4. The molecule has 2 N–H and O–H groups in total. The Labute approximate surface area is 109 Å². The van der Waals surface area contributed by atoms with Gasteiger partial charge in [-0.05, 0) is 19.8 Å². The third-order valence-electron chi connectivity index (χ3n) is 3.48. The van der Waals surface area contributed by atoms with Gasteiger partial charge < -0.3 is 5.73 Å². The molecule has 1 aromatic rings. The van der Waals surface area contributed by atoms with Crippen LogP contribution in [0.25, 0.3) is 0 Å². The molecule has 0 bridgehead atoms. The molecule has 0 fully saturated rings. The van der Waals surface area contributed by atoms with Gasteiger partial charge in [-0.3, -0.25) is 4.68 Å². The van der Waals surface area contributed by atoms with Gasteiger partial charge in [0, 0.05) is 20.1 Å². The molecule has 1 rings (SSSR count). The van der Waals surface area contributed by atoms with Gasteiger partial charge in [-0.2, -0.15) is 9.40 Å². The predicted octanol–water partition coefficient (Wildman–Crippen LogP) is 0.976.